The number of unbranched alkanes of at least 4 members (excludes halogenated alkanes) is 1. The van der Waals surface area contributed by atoms with Gasteiger partial charge in [-0.2, -0.15) is 0 Å². The Labute approximate surface area is 135 Å². The molecule has 0 aliphatic heterocycles. The smallest absolute Gasteiger partial charge is 0.407 e. The molecule has 0 spiro atoms. The molecule has 1 aliphatic carbocycles. The van der Waals surface area contributed by atoms with E-state index in [0.29, 0.717) is 19.4 Å². The zero-order valence-corrected chi connectivity index (χ0v) is 12.9. The number of ether oxygens (including phenoxy) is 1. The van der Waals surface area contributed by atoms with Gasteiger partial charge in [0.1, 0.15) is 12.9 Å². The van der Waals surface area contributed by atoms with Crippen molar-refractivity contribution in [2.75, 3.05) is 6.54 Å². The largest absolute Gasteiger partial charge is 0.445 e. The third-order valence-electron chi connectivity index (χ3n) is 4.07. The van der Waals surface area contributed by atoms with Crippen molar-refractivity contribution in [3.8, 4) is 11.1 Å². The summed E-state index contributed by atoms with van der Waals surface area (Å²) in [5.41, 5.74) is 6.09. The maximum atomic E-state index is 11.7. The fraction of sp³-hybridized carbons (Fsp3) is 0.263. The molecule has 0 saturated heterocycles. The Kier molecular flexibility index (Phi) is 4.71. The lowest BCUT2D eigenvalue weighted by Gasteiger charge is -2.10. The zero-order chi connectivity index (χ0) is 16.1. The Morgan fingerprint density at radius 2 is 1.96 bits per heavy atom. The molecule has 1 amide bonds. The van der Waals surface area contributed by atoms with Gasteiger partial charge in [0.25, 0.3) is 0 Å². The summed E-state index contributed by atoms with van der Waals surface area (Å²) in [7, 11) is 0. The number of fused-ring (bicyclic) bond motifs is 3. The van der Waals surface area contributed by atoms with Crippen LogP contribution in [0.25, 0.3) is 11.1 Å². The van der Waals surface area contributed by atoms with Crippen molar-refractivity contribution in [2.45, 2.75) is 25.9 Å². The fourth-order valence-electron chi connectivity index (χ4n) is 2.93. The monoisotopic (exact) mass is 309 g/mol. The second kappa shape index (κ2) is 7.09. The molecule has 1 N–H and O–H groups in total. The van der Waals surface area contributed by atoms with Gasteiger partial charge in [-0.1, -0.05) is 42.5 Å². The molecule has 0 radical (unpaired) electrons. The van der Waals surface area contributed by atoms with Gasteiger partial charge < -0.3 is 14.8 Å². The lowest BCUT2D eigenvalue weighted by atomic mass is 10.0. The summed E-state index contributed by atoms with van der Waals surface area (Å²) in [5, 5.41) is 2.65. The standard InChI is InChI=1S/C19H19NO3/c21-11-4-3-10-20-19(22)23-13-15-7-5-9-17-16-8-2-1-6-14(16)12-18(15)17/h1-2,5-9,11H,3-4,10,12-13H2,(H,20,22). The molecule has 23 heavy (non-hydrogen) atoms. The Balaban J connectivity index is 1.62. The van der Waals surface area contributed by atoms with Crippen LogP contribution in [0.5, 0.6) is 0 Å². The molecule has 3 rings (SSSR count). The van der Waals surface area contributed by atoms with E-state index in [0.717, 1.165) is 18.3 Å². The maximum Gasteiger partial charge on any atom is 0.407 e. The van der Waals surface area contributed by atoms with Crippen LogP contribution in [0.15, 0.2) is 42.5 Å². The third kappa shape index (κ3) is 3.42. The molecule has 4 heteroatoms. The van der Waals surface area contributed by atoms with Gasteiger partial charge in [0.15, 0.2) is 0 Å². The highest BCUT2D eigenvalue weighted by molar-refractivity contribution is 5.78. The minimum absolute atomic E-state index is 0.261. The van der Waals surface area contributed by atoms with Crippen LogP contribution in [-0.2, 0) is 22.6 Å². The summed E-state index contributed by atoms with van der Waals surface area (Å²) >= 11 is 0. The number of hydrogen-bond donors (Lipinski definition) is 1. The molecule has 0 aromatic heterocycles. The van der Waals surface area contributed by atoms with Gasteiger partial charge in [-0.3, -0.25) is 0 Å². The molecule has 0 saturated carbocycles. The van der Waals surface area contributed by atoms with E-state index in [9.17, 15) is 9.59 Å². The predicted octanol–water partition coefficient (Wildman–Crippen LogP) is 3.46. The summed E-state index contributed by atoms with van der Waals surface area (Å²) in [6.07, 6.45) is 2.37. The molecule has 1 aliphatic rings. The van der Waals surface area contributed by atoms with Crippen LogP contribution in [0.2, 0.25) is 0 Å². The van der Waals surface area contributed by atoms with E-state index < -0.39 is 6.09 Å². The van der Waals surface area contributed by atoms with Crippen molar-refractivity contribution >= 4 is 12.4 Å². The first-order valence-electron chi connectivity index (χ1n) is 7.83. The number of alkyl carbamates (subject to hydrolysis) is 1. The Hall–Kier alpha value is -2.62. The minimum Gasteiger partial charge on any atom is -0.445 e. The molecule has 0 unspecified atom stereocenters. The zero-order valence-electron chi connectivity index (χ0n) is 12.9. The molecular weight excluding hydrogens is 290 g/mol. The summed E-state index contributed by atoms with van der Waals surface area (Å²) in [4.78, 5) is 21.9. The van der Waals surface area contributed by atoms with Crippen molar-refractivity contribution in [3.63, 3.8) is 0 Å². The summed E-state index contributed by atoms with van der Waals surface area (Å²) < 4.78 is 5.29. The topological polar surface area (TPSA) is 55.4 Å². The van der Waals surface area contributed by atoms with Gasteiger partial charge >= 0.3 is 6.09 Å². The number of amides is 1. The number of aldehydes is 1. The lowest BCUT2D eigenvalue weighted by molar-refractivity contribution is -0.107. The molecule has 4 nitrogen and oxygen atoms in total. The van der Waals surface area contributed by atoms with Crippen molar-refractivity contribution in [1.82, 2.24) is 5.32 Å². The van der Waals surface area contributed by atoms with Crippen LogP contribution in [0, 0.1) is 0 Å². The van der Waals surface area contributed by atoms with Crippen LogP contribution >= 0.6 is 0 Å². The average Bonchev–Trinajstić information content (AvgIpc) is 2.96. The van der Waals surface area contributed by atoms with Crippen LogP contribution in [-0.4, -0.2) is 18.9 Å². The highest BCUT2D eigenvalue weighted by Gasteiger charge is 2.20. The first-order valence-corrected chi connectivity index (χ1v) is 7.83. The molecule has 0 fully saturated rings. The number of carbonyl (C=O) groups excluding carboxylic acids is 2. The highest BCUT2D eigenvalue weighted by atomic mass is 16.5. The van der Waals surface area contributed by atoms with E-state index in [4.69, 9.17) is 4.74 Å². The molecule has 0 bridgehead atoms. The number of hydrogen-bond acceptors (Lipinski definition) is 3. The molecule has 2 aromatic carbocycles. The maximum absolute atomic E-state index is 11.7. The van der Waals surface area contributed by atoms with Crippen LogP contribution in [0.3, 0.4) is 0 Å². The Morgan fingerprint density at radius 1 is 1.13 bits per heavy atom. The van der Waals surface area contributed by atoms with Gasteiger partial charge in [0.2, 0.25) is 0 Å². The SMILES string of the molecule is O=CCCCNC(=O)OCc1cccc2c1Cc1ccccc1-2. The van der Waals surface area contributed by atoms with Gasteiger partial charge in [-0.05, 0) is 40.7 Å². The minimum atomic E-state index is -0.441. The Bertz CT molecular complexity index is 724. The first-order chi connectivity index (χ1) is 11.3. The second-order valence-corrected chi connectivity index (χ2v) is 5.59. The summed E-state index contributed by atoms with van der Waals surface area (Å²) in [6, 6.07) is 14.5. The first kappa shape index (κ1) is 15.3. The molecule has 0 atom stereocenters. The van der Waals surface area contributed by atoms with E-state index in [1.54, 1.807) is 0 Å². The summed E-state index contributed by atoms with van der Waals surface area (Å²) in [6.45, 7) is 0.715. The number of rotatable bonds is 6. The van der Waals surface area contributed by atoms with E-state index in [-0.39, 0.29) is 6.61 Å². The Morgan fingerprint density at radius 3 is 2.83 bits per heavy atom. The summed E-state index contributed by atoms with van der Waals surface area (Å²) in [5.74, 6) is 0. The van der Waals surface area contributed by atoms with Crippen molar-refractivity contribution in [1.29, 1.82) is 0 Å². The lowest BCUT2D eigenvalue weighted by Crippen LogP contribution is -2.25. The van der Waals surface area contributed by atoms with Crippen molar-refractivity contribution in [3.05, 3.63) is 59.2 Å². The van der Waals surface area contributed by atoms with E-state index in [1.165, 1.54) is 22.3 Å². The molecule has 0 heterocycles. The van der Waals surface area contributed by atoms with Crippen LogP contribution in [0.4, 0.5) is 4.79 Å². The van der Waals surface area contributed by atoms with Gasteiger partial charge in [0, 0.05) is 13.0 Å². The molecule has 118 valence electrons. The normalized spacial score (nSPS) is 11.5. The average molecular weight is 309 g/mol. The highest BCUT2D eigenvalue weighted by Crippen LogP contribution is 2.38. The van der Waals surface area contributed by atoms with Gasteiger partial charge in [0.05, 0.1) is 0 Å². The van der Waals surface area contributed by atoms with E-state index >= 15 is 0 Å². The van der Waals surface area contributed by atoms with Crippen LogP contribution in [0.1, 0.15) is 29.5 Å². The van der Waals surface area contributed by atoms with Crippen molar-refractivity contribution in [2.24, 2.45) is 0 Å². The molecule has 2 aromatic rings. The fourth-order valence-corrected chi connectivity index (χ4v) is 2.93. The van der Waals surface area contributed by atoms with E-state index in [1.807, 2.05) is 24.3 Å². The number of benzene rings is 2. The quantitative estimate of drug-likeness (QED) is 0.560. The third-order valence-corrected chi connectivity index (χ3v) is 4.07. The predicted molar refractivity (Wildman–Crippen MR) is 88.2 cm³/mol. The second-order valence-electron chi connectivity index (χ2n) is 5.59. The van der Waals surface area contributed by atoms with E-state index in [2.05, 4.69) is 23.5 Å². The number of nitrogens with one attached hydrogen (secondary N) is 1. The van der Waals surface area contributed by atoms with Crippen molar-refractivity contribution < 1.29 is 14.3 Å². The molecular formula is C19H19NO3. The number of carbonyl (C=O) groups is 2. The van der Waals surface area contributed by atoms with Gasteiger partial charge in [-0.25, -0.2) is 4.79 Å². The van der Waals surface area contributed by atoms with Crippen LogP contribution < -0.4 is 5.32 Å². The van der Waals surface area contributed by atoms with Gasteiger partial charge in [-0.15, -0.1) is 0 Å².